The Morgan fingerprint density at radius 1 is 1.26 bits per heavy atom. The van der Waals surface area contributed by atoms with E-state index in [0.717, 1.165) is 24.1 Å². The summed E-state index contributed by atoms with van der Waals surface area (Å²) in [5.74, 6) is 0.801. The van der Waals surface area contributed by atoms with Crippen LogP contribution in [0.1, 0.15) is 32.8 Å². The molecule has 0 aliphatic carbocycles. The van der Waals surface area contributed by atoms with Crippen LogP contribution in [0.15, 0.2) is 96.5 Å². The normalized spacial score (nSPS) is 13.4. The fraction of sp³-hybridized carbons (Fsp3) is 0.308. The van der Waals surface area contributed by atoms with E-state index in [1.54, 1.807) is 24.6 Å². The molecule has 1 rings (SSSR count). The molecule has 5 heteroatoms. The molecule has 2 atom stereocenters. The molecule has 0 aliphatic rings. The maximum absolute atomic E-state index is 9.55. The van der Waals surface area contributed by atoms with Gasteiger partial charge >= 0.3 is 0 Å². The second kappa shape index (κ2) is 16.5. The lowest BCUT2D eigenvalue weighted by Gasteiger charge is -2.29. The number of aliphatic hydroxyl groups is 1. The van der Waals surface area contributed by atoms with Gasteiger partial charge in [0.2, 0.25) is 6.41 Å². The molecule has 5 nitrogen and oxygen atoms in total. The van der Waals surface area contributed by atoms with Crippen LogP contribution in [0.3, 0.4) is 0 Å². The predicted molar refractivity (Wildman–Crippen MR) is 133 cm³/mol. The first-order valence-electron chi connectivity index (χ1n) is 10.3. The fourth-order valence-electron chi connectivity index (χ4n) is 2.96. The summed E-state index contributed by atoms with van der Waals surface area (Å²) in [4.78, 5) is 12.8. The Hall–Kier alpha value is -3.34. The zero-order chi connectivity index (χ0) is 23.6. The van der Waals surface area contributed by atoms with Gasteiger partial charge in [-0.05, 0) is 48.8 Å². The smallest absolute Gasteiger partial charge is 0.204 e. The summed E-state index contributed by atoms with van der Waals surface area (Å²) in [5, 5.41) is 13.1. The predicted octanol–water partition coefficient (Wildman–Crippen LogP) is 5.25. The lowest BCUT2D eigenvalue weighted by molar-refractivity contribution is -0.106. The minimum Gasteiger partial charge on any atom is -0.509 e. The number of amides is 1. The third-order valence-electron chi connectivity index (χ3n) is 4.39. The molecule has 0 saturated carbocycles. The number of nitrogens with two attached hydrogens (primary N) is 1. The molecule has 0 aromatic heterocycles. The highest BCUT2D eigenvalue weighted by molar-refractivity contribution is 5.70. The van der Waals surface area contributed by atoms with Crippen LogP contribution in [-0.2, 0) is 11.2 Å². The molecule has 1 aromatic carbocycles. The number of carbonyl (C=O) groups excluding carboxylic acids is 1. The van der Waals surface area contributed by atoms with Crippen molar-refractivity contribution < 1.29 is 9.90 Å². The summed E-state index contributed by atoms with van der Waals surface area (Å²) in [6, 6.07) is 10.5. The van der Waals surface area contributed by atoms with Crippen molar-refractivity contribution in [1.29, 1.82) is 0 Å². The van der Waals surface area contributed by atoms with Gasteiger partial charge in [-0.2, -0.15) is 0 Å². The molecule has 0 bridgehead atoms. The standard InChI is InChI=1S/C25H34N2O.CH3NO/c1-7-15-26-18-20(4)22(6)27-25(17-23-11-9-8-10-12-23)24(16-19(2)3)14-13-21(5)28;2-1-3/h7-15,18-19,24-25,27-28H,1,5-6,16-17H2,2-4H3;1H,(H2,2,3)/b14-13+,20-18+,26-15?;. The zero-order valence-corrected chi connectivity index (χ0v) is 19.0. The Kier molecular flexibility index (Phi) is 14.7. The molecule has 168 valence electrons. The fourth-order valence-corrected chi connectivity index (χ4v) is 2.96. The van der Waals surface area contributed by atoms with Crippen molar-refractivity contribution in [3.05, 3.63) is 97.1 Å². The Morgan fingerprint density at radius 2 is 1.87 bits per heavy atom. The van der Waals surface area contributed by atoms with Crippen LogP contribution in [0.25, 0.3) is 0 Å². The second-order valence-electron chi connectivity index (χ2n) is 7.55. The maximum atomic E-state index is 9.55. The summed E-state index contributed by atoms with van der Waals surface area (Å²) in [6.07, 6.45) is 10.9. The molecule has 0 heterocycles. The quantitative estimate of drug-likeness (QED) is 0.186. The van der Waals surface area contributed by atoms with Gasteiger partial charge in [0.25, 0.3) is 0 Å². The monoisotopic (exact) mass is 423 g/mol. The number of aliphatic hydroxyl groups excluding tert-OH is 1. The molecular formula is C26H37N3O2. The van der Waals surface area contributed by atoms with Gasteiger partial charge in [-0.3, -0.25) is 9.79 Å². The average Bonchev–Trinajstić information content (AvgIpc) is 2.71. The van der Waals surface area contributed by atoms with Gasteiger partial charge in [0.05, 0.1) is 0 Å². The Balaban J connectivity index is 0.00000282. The summed E-state index contributed by atoms with van der Waals surface area (Å²) >= 11 is 0. The molecule has 0 aliphatic heterocycles. The van der Waals surface area contributed by atoms with E-state index in [-0.39, 0.29) is 24.1 Å². The minimum atomic E-state index is 0.0703. The van der Waals surface area contributed by atoms with Gasteiger partial charge in [-0.1, -0.05) is 76.1 Å². The van der Waals surface area contributed by atoms with Crippen molar-refractivity contribution in [2.75, 3.05) is 0 Å². The lowest BCUT2D eigenvalue weighted by Crippen LogP contribution is -2.37. The Bertz CT molecular complexity index is 777. The number of allylic oxidation sites excluding steroid dienone is 3. The van der Waals surface area contributed by atoms with Crippen LogP contribution >= 0.6 is 0 Å². The van der Waals surface area contributed by atoms with Crippen LogP contribution < -0.4 is 11.1 Å². The van der Waals surface area contributed by atoms with Crippen LogP contribution in [0.4, 0.5) is 0 Å². The Morgan fingerprint density at radius 3 is 2.39 bits per heavy atom. The van der Waals surface area contributed by atoms with Gasteiger partial charge < -0.3 is 16.2 Å². The first-order valence-corrected chi connectivity index (χ1v) is 10.3. The number of primary amides is 1. The molecule has 0 fully saturated rings. The Labute approximate surface area is 187 Å². The summed E-state index contributed by atoms with van der Waals surface area (Å²) in [7, 11) is 0. The number of nitrogens with zero attached hydrogens (tertiary/aromatic N) is 1. The zero-order valence-electron chi connectivity index (χ0n) is 19.0. The van der Waals surface area contributed by atoms with Crippen molar-refractivity contribution >= 4 is 12.6 Å². The number of hydrogen-bond donors (Lipinski definition) is 3. The van der Waals surface area contributed by atoms with Crippen molar-refractivity contribution in [2.24, 2.45) is 22.6 Å². The SMILES string of the molecule is C=CC=N/C=C(\C)C(=C)NC(Cc1ccccc1)C(/C=C/C(=C)O)CC(C)C.NC=O. The van der Waals surface area contributed by atoms with E-state index in [4.69, 9.17) is 4.79 Å². The van der Waals surface area contributed by atoms with Crippen LogP contribution in [0, 0.1) is 11.8 Å². The van der Waals surface area contributed by atoms with Gasteiger partial charge in [-0.15, -0.1) is 0 Å². The molecule has 31 heavy (non-hydrogen) atoms. The molecule has 0 spiro atoms. The highest BCUT2D eigenvalue weighted by Gasteiger charge is 2.21. The number of aliphatic imine (C=N–C) groups is 1. The minimum absolute atomic E-state index is 0.0703. The van der Waals surface area contributed by atoms with Crippen molar-refractivity contribution in [3.63, 3.8) is 0 Å². The maximum Gasteiger partial charge on any atom is 0.204 e. The number of nitrogens with one attached hydrogen (secondary N) is 1. The van der Waals surface area contributed by atoms with Gasteiger partial charge in [0.1, 0.15) is 5.76 Å². The first-order chi connectivity index (χ1) is 14.7. The van der Waals surface area contributed by atoms with Gasteiger partial charge in [0, 0.05) is 24.2 Å². The number of hydrogen-bond acceptors (Lipinski definition) is 4. The largest absolute Gasteiger partial charge is 0.509 e. The third-order valence-corrected chi connectivity index (χ3v) is 4.39. The first kappa shape index (κ1) is 27.7. The van der Waals surface area contributed by atoms with E-state index in [0.29, 0.717) is 5.92 Å². The van der Waals surface area contributed by atoms with Gasteiger partial charge in [0.15, 0.2) is 0 Å². The van der Waals surface area contributed by atoms with Crippen molar-refractivity contribution in [1.82, 2.24) is 5.32 Å². The van der Waals surface area contributed by atoms with E-state index in [1.165, 1.54) is 5.56 Å². The van der Waals surface area contributed by atoms with E-state index in [1.807, 2.05) is 19.1 Å². The van der Waals surface area contributed by atoms with Crippen LogP contribution in [-0.4, -0.2) is 23.8 Å². The van der Waals surface area contributed by atoms with Gasteiger partial charge in [-0.25, -0.2) is 0 Å². The third kappa shape index (κ3) is 13.5. The van der Waals surface area contributed by atoms with Crippen molar-refractivity contribution in [3.8, 4) is 0 Å². The van der Waals surface area contributed by atoms with Crippen LogP contribution in [0.5, 0.6) is 0 Å². The molecule has 1 aromatic rings. The molecule has 4 N–H and O–H groups in total. The second-order valence-corrected chi connectivity index (χ2v) is 7.55. The highest BCUT2D eigenvalue weighted by Crippen LogP contribution is 2.23. The summed E-state index contributed by atoms with van der Waals surface area (Å²) < 4.78 is 0. The lowest BCUT2D eigenvalue weighted by atomic mass is 9.86. The highest BCUT2D eigenvalue weighted by atomic mass is 16.3. The van der Waals surface area contributed by atoms with E-state index >= 15 is 0 Å². The van der Waals surface area contributed by atoms with E-state index < -0.39 is 0 Å². The van der Waals surface area contributed by atoms with Crippen LogP contribution in [0.2, 0.25) is 0 Å². The van der Waals surface area contributed by atoms with E-state index in [9.17, 15) is 5.11 Å². The molecule has 1 amide bonds. The molecular weight excluding hydrogens is 386 g/mol. The summed E-state index contributed by atoms with van der Waals surface area (Å²) in [6.45, 7) is 17.8. The van der Waals surface area contributed by atoms with E-state index in [2.05, 4.69) is 73.9 Å². The average molecular weight is 424 g/mol. The number of benzene rings is 1. The topological polar surface area (TPSA) is 87.7 Å². The van der Waals surface area contributed by atoms with Crippen molar-refractivity contribution in [2.45, 2.75) is 39.7 Å². The molecule has 2 unspecified atom stereocenters. The number of carbonyl (C=O) groups is 1. The number of rotatable bonds is 12. The molecule has 0 radical (unpaired) electrons. The summed E-state index contributed by atoms with van der Waals surface area (Å²) in [5.41, 5.74) is 7.23. The molecule has 0 saturated heterocycles.